The van der Waals surface area contributed by atoms with Crippen LogP contribution in [0.1, 0.15) is 17.2 Å². The smallest absolute Gasteiger partial charge is 0.119 e. The highest BCUT2D eigenvalue weighted by molar-refractivity contribution is 5.84. The van der Waals surface area contributed by atoms with E-state index in [2.05, 4.69) is 0 Å². The zero-order valence-electron chi connectivity index (χ0n) is 13.1. The Bertz CT molecular complexity index is 786. The normalized spacial score (nSPS) is 13.7. The molecule has 0 aliphatic heterocycles. The van der Waals surface area contributed by atoms with Gasteiger partial charge in [-0.1, -0.05) is 48.5 Å². The Morgan fingerprint density at radius 3 is 2.39 bits per heavy atom. The highest BCUT2D eigenvalue weighted by atomic mass is 16.5. The SMILES string of the molecule is COc1ccc2cc([C@@H](N)[C@@H](O)Cc3ccccc3)ccc2c1. The van der Waals surface area contributed by atoms with Gasteiger partial charge >= 0.3 is 0 Å². The molecule has 3 aromatic carbocycles. The van der Waals surface area contributed by atoms with Gasteiger partial charge in [0.2, 0.25) is 0 Å². The van der Waals surface area contributed by atoms with Crippen LogP contribution in [0.25, 0.3) is 10.8 Å². The summed E-state index contributed by atoms with van der Waals surface area (Å²) in [5.41, 5.74) is 8.28. The maximum Gasteiger partial charge on any atom is 0.119 e. The number of hydrogen-bond donors (Lipinski definition) is 2. The first-order valence-electron chi connectivity index (χ1n) is 7.72. The fourth-order valence-corrected chi connectivity index (χ4v) is 2.78. The summed E-state index contributed by atoms with van der Waals surface area (Å²) in [5, 5.41) is 12.6. The van der Waals surface area contributed by atoms with Crippen molar-refractivity contribution in [1.29, 1.82) is 0 Å². The minimum Gasteiger partial charge on any atom is -0.497 e. The van der Waals surface area contributed by atoms with E-state index in [4.69, 9.17) is 10.5 Å². The van der Waals surface area contributed by atoms with Gasteiger partial charge in [-0.15, -0.1) is 0 Å². The van der Waals surface area contributed by atoms with E-state index >= 15 is 0 Å². The van der Waals surface area contributed by atoms with Gasteiger partial charge in [0.25, 0.3) is 0 Å². The Labute approximate surface area is 136 Å². The van der Waals surface area contributed by atoms with Crippen molar-refractivity contribution in [2.75, 3.05) is 7.11 Å². The van der Waals surface area contributed by atoms with Gasteiger partial charge in [-0.2, -0.15) is 0 Å². The lowest BCUT2D eigenvalue weighted by Crippen LogP contribution is -2.28. The van der Waals surface area contributed by atoms with Crippen LogP contribution in [0.3, 0.4) is 0 Å². The number of ether oxygens (including phenoxy) is 1. The minimum absolute atomic E-state index is 0.415. The molecule has 0 saturated carbocycles. The van der Waals surface area contributed by atoms with Gasteiger partial charge in [-0.05, 0) is 40.1 Å². The number of benzene rings is 3. The number of aliphatic hydroxyl groups excluding tert-OH is 1. The van der Waals surface area contributed by atoms with E-state index in [0.29, 0.717) is 6.42 Å². The second-order valence-electron chi connectivity index (χ2n) is 5.76. The van der Waals surface area contributed by atoms with Crippen LogP contribution in [-0.2, 0) is 6.42 Å². The first-order chi connectivity index (χ1) is 11.2. The van der Waals surface area contributed by atoms with Crippen molar-refractivity contribution >= 4 is 10.8 Å². The highest BCUT2D eigenvalue weighted by Gasteiger charge is 2.17. The monoisotopic (exact) mass is 307 g/mol. The molecule has 0 aromatic heterocycles. The van der Waals surface area contributed by atoms with Crippen molar-refractivity contribution in [3.05, 3.63) is 77.9 Å². The molecule has 0 spiro atoms. The second-order valence-corrected chi connectivity index (χ2v) is 5.76. The summed E-state index contributed by atoms with van der Waals surface area (Å²) in [4.78, 5) is 0. The van der Waals surface area contributed by atoms with Crippen LogP contribution in [0.5, 0.6) is 5.75 Å². The van der Waals surface area contributed by atoms with E-state index in [9.17, 15) is 5.11 Å². The van der Waals surface area contributed by atoms with Crippen molar-refractivity contribution in [2.24, 2.45) is 5.73 Å². The molecule has 3 N–H and O–H groups in total. The van der Waals surface area contributed by atoms with E-state index < -0.39 is 12.1 Å². The Kier molecular flexibility index (Phi) is 4.60. The minimum atomic E-state index is -0.618. The van der Waals surface area contributed by atoms with E-state index in [1.165, 1.54) is 0 Å². The van der Waals surface area contributed by atoms with Crippen molar-refractivity contribution in [3.63, 3.8) is 0 Å². The summed E-state index contributed by atoms with van der Waals surface area (Å²) in [5.74, 6) is 0.832. The highest BCUT2D eigenvalue weighted by Crippen LogP contribution is 2.25. The Hall–Kier alpha value is -2.36. The molecule has 3 heteroatoms. The molecule has 2 atom stereocenters. The largest absolute Gasteiger partial charge is 0.497 e. The van der Waals surface area contributed by atoms with Gasteiger partial charge in [-0.3, -0.25) is 0 Å². The maximum atomic E-state index is 10.4. The van der Waals surface area contributed by atoms with E-state index in [0.717, 1.165) is 27.6 Å². The van der Waals surface area contributed by atoms with Crippen LogP contribution < -0.4 is 10.5 Å². The fourth-order valence-electron chi connectivity index (χ4n) is 2.78. The van der Waals surface area contributed by atoms with Crippen molar-refractivity contribution in [3.8, 4) is 5.75 Å². The molecule has 0 fully saturated rings. The molecule has 0 aliphatic rings. The van der Waals surface area contributed by atoms with Crippen LogP contribution >= 0.6 is 0 Å². The number of rotatable bonds is 5. The topological polar surface area (TPSA) is 55.5 Å². The lowest BCUT2D eigenvalue weighted by Gasteiger charge is -2.20. The lowest BCUT2D eigenvalue weighted by atomic mass is 9.95. The molecule has 118 valence electrons. The molecule has 3 rings (SSSR count). The third-order valence-electron chi connectivity index (χ3n) is 4.16. The van der Waals surface area contributed by atoms with Crippen LogP contribution in [0.15, 0.2) is 66.7 Å². The summed E-state index contributed by atoms with van der Waals surface area (Å²) in [6.07, 6.45) is -0.0732. The van der Waals surface area contributed by atoms with Crippen LogP contribution in [0.2, 0.25) is 0 Å². The van der Waals surface area contributed by atoms with Crippen LogP contribution in [0, 0.1) is 0 Å². The Morgan fingerprint density at radius 1 is 0.957 bits per heavy atom. The molecule has 3 aromatic rings. The number of fused-ring (bicyclic) bond motifs is 1. The summed E-state index contributed by atoms with van der Waals surface area (Å²) in [6.45, 7) is 0. The van der Waals surface area contributed by atoms with Crippen molar-refractivity contribution in [2.45, 2.75) is 18.6 Å². The van der Waals surface area contributed by atoms with Crippen molar-refractivity contribution in [1.82, 2.24) is 0 Å². The first kappa shape index (κ1) is 15.5. The molecular formula is C20H21NO2. The van der Waals surface area contributed by atoms with E-state index in [1.807, 2.05) is 66.7 Å². The number of hydrogen-bond acceptors (Lipinski definition) is 3. The third kappa shape index (κ3) is 3.52. The van der Waals surface area contributed by atoms with Gasteiger partial charge in [0.05, 0.1) is 19.3 Å². The fraction of sp³-hybridized carbons (Fsp3) is 0.200. The zero-order chi connectivity index (χ0) is 16.2. The molecule has 0 aliphatic carbocycles. The molecule has 0 bridgehead atoms. The zero-order valence-corrected chi connectivity index (χ0v) is 13.1. The summed E-state index contributed by atoms with van der Waals surface area (Å²) >= 11 is 0. The molecule has 3 nitrogen and oxygen atoms in total. The summed E-state index contributed by atoms with van der Waals surface area (Å²) in [6, 6.07) is 21.4. The maximum absolute atomic E-state index is 10.4. The Balaban J connectivity index is 1.81. The van der Waals surface area contributed by atoms with Gasteiger partial charge in [-0.25, -0.2) is 0 Å². The number of aliphatic hydroxyl groups is 1. The predicted octanol–water partition coefficient (Wildman–Crippen LogP) is 3.45. The molecular weight excluding hydrogens is 286 g/mol. The predicted molar refractivity (Wildman–Crippen MR) is 93.6 cm³/mol. The molecule has 0 unspecified atom stereocenters. The summed E-state index contributed by atoms with van der Waals surface area (Å²) in [7, 11) is 1.66. The third-order valence-corrected chi connectivity index (χ3v) is 4.16. The van der Waals surface area contributed by atoms with Gasteiger partial charge in [0.15, 0.2) is 0 Å². The van der Waals surface area contributed by atoms with E-state index in [-0.39, 0.29) is 0 Å². The van der Waals surface area contributed by atoms with Crippen molar-refractivity contribution < 1.29 is 9.84 Å². The number of nitrogens with two attached hydrogens (primary N) is 1. The molecule has 0 saturated heterocycles. The molecule has 23 heavy (non-hydrogen) atoms. The standard InChI is InChI=1S/C20H21NO2/c1-23-18-10-9-15-12-17(8-7-16(15)13-18)20(21)19(22)11-14-5-3-2-4-6-14/h2-10,12-13,19-20,22H,11,21H2,1H3/t19-,20+/m0/s1. The second kappa shape index (κ2) is 6.82. The number of methoxy groups -OCH3 is 1. The lowest BCUT2D eigenvalue weighted by molar-refractivity contribution is 0.145. The first-order valence-corrected chi connectivity index (χ1v) is 7.72. The molecule has 0 heterocycles. The average Bonchev–Trinajstić information content (AvgIpc) is 2.61. The quantitative estimate of drug-likeness (QED) is 0.759. The van der Waals surface area contributed by atoms with Crippen LogP contribution in [0.4, 0.5) is 0 Å². The average molecular weight is 307 g/mol. The molecule has 0 amide bonds. The summed E-state index contributed by atoms with van der Waals surface area (Å²) < 4.78 is 5.24. The van der Waals surface area contributed by atoms with Crippen LogP contribution in [-0.4, -0.2) is 18.3 Å². The molecule has 0 radical (unpaired) electrons. The van der Waals surface area contributed by atoms with E-state index in [1.54, 1.807) is 7.11 Å². The van der Waals surface area contributed by atoms with Gasteiger partial charge in [0, 0.05) is 6.42 Å². The Morgan fingerprint density at radius 2 is 1.65 bits per heavy atom. The van der Waals surface area contributed by atoms with Gasteiger partial charge in [0.1, 0.15) is 5.75 Å². The van der Waals surface area contributed by atoms with Gasteiger partial charge < -0.3 is 15.6 Å².